The van der Waals surface area contributed by atoms with Gasteiger partial charge in [0.25, 0.3) is 5.91 Å². The first-order valence-corrected chi connectivity index (χ1v) is 10.2. The van der Waals surface area contributed by atoms with Gasteiger partial charge in [-0.05, 0) is 63.3 Å². The normalized spacial score (nSPS) is 18.8. The van der Waals surface area contributed by atoms with Crippen molar-refractivity contribution in [3.8, 4) is 5.75 Å². The summed E-state index contributed by atoms with van der Waals surface area (Å²) in [5.41, 5.74) is 2.22. The predicted molar refractivity (Wildman–Crippen MR) is 110 cm³/mol. The van der Waals surface area contributed by atoms with Gasteiger partial charge in [0.2, 0.25) is 0 Å². The molecule has 1 aliphatic rings. The largest absolute Gasteiger partial charge is 0.481 e. The molecule has 156 valence electrons. The second-order valence-electron chi connectivity index (χ2n) is 8.17. The second-order valence-corrected chi connectivity index (χ2v) is 8.17. The number of rotatable bonds is 7. The summed E-state index contributed by atoms with van der Waals surface area (Å²) in [5.74, 6) is 0.282. The Kier molecular flexibility index (Phi) is 7.87. The summed E-state index contributed by atoms with van der Waals surface area (Å²) in [5, 5.41) is 9.00. The third-order valence-electron chi connectivity index (χ3n) is 5.46. The molecule has 1 aromatic carbocycles. The summed E-state index contributed by atoms with van der Waals surface area (Å²) in [4.78, 5) is 27.7. The molecule has 1 aliphatic heterocycles. The van der Waals surface area contributed by atoms with Crippen molar-refractivity contribution in [1.29, 1.82) is 0 Å². The zero-order valence-corrected chi connectivity index (χ0v) is 17.8. The monoisotopic (exact) mass is 390 g/mol. The molecule has 6 nitrogen and oxygen atoms in total. The van der Waals surface area contributed by atoms with Crippen molar-refractivity contribution in [2.75, 3.05) is 26.7 Å². The van der Waals surface area contributed by atoms with Gasteiger partial charge in [-0.15, -0.1) is 0 Å². The summed E-state index contributed by atoms with van der Waals surface area (Å²) in [6.07, 6.45) is 2.00. The number of likely N-dealkylation sites (N-methyl/N-ethyl adjacent to an activating group) is 1. The summed E-state index contributed by atoms with van der Waals surface area (Å²) in [6.45, 7) is 9.42. The van der Waals surface area contributed by atoms with Crippen molar-refractivity contribution < 1.29 is 19.4 Å². The first-order valence-electron chi connectivity index (χ1n) is 10.2. The van der Waals surface area contributed by atoms with Gasteiger partial charge >= 0.3 is 5.97 Å². The van der Waals surface area contributed by atoms with Gasteiger partial charge in [0, 0.05) is 19.1 Å². The smallest absolute Gasteiger partial charge is 0.317 e. The fourth-order valence-corrected chi connectivity index (χ4v) is 3.80. The van der Waals surface area contributed by atoms with Gasteiger partial charge in [0.05, 0.1) is 6.54 Å². The van der Waals surface area contributed by atoms with Crippen LogP contribution < -0.4 is 4.74 Å². The number of aliphatic carboxylic acids is 1. The molecule has 1 fully saturated rings. The molecule has 1 saturated heterocycles. The van der Waals surface area contributed by atoms with Crippen molar-refractivity contribution in [2.24, 2.45) is 0 Å². The Bertz CT molecular complexity index is 689. The van der Waals surface area contributed by atoms with Gasteiger partial charge in [0.1, 0.15) is 5.75 Å². The van der Waals surface area contributed by atoms with E-state index < -0.39 is 12.1 Å². The highest BCUT2D eigenvalue weighted by Gasteiger charge is 2.27. The average molecular weight is 391 g/mol. The van der Waals surface area contributed by atoms with E-state index in [2.05, 4.69) is 26.0 Å². The molecule has 1 N–H and O–H groups in total. The molecule has 2 rings (SSSR count). The lowest BCUT2D eigenvalue weighted by Crippen LogP contribution is -2.42. The third-order valence-corrected chi connectivity index (χ3v) is 5.46. The minimum Gasteiger partial charge on any atom is -0.481 e. The van der Waals surface area contributed by atoms with Crippen molar-refractivity contribution in [3.63, 3.8) is 0 Å². The number of carboxylic acids is 1. The lowest BCUT2D eigenvalue weighted by molar-refractivity contribution is -0.139. The molecule has 0 aromatic heterocycles. The highest BCUT2D eigenvalue weighted by atomic mass is 16.5. The Morgan fingerprint density at radius 2 is 1.96 bits per heavy atom. The maximum absolute atomic E-state index is 13.0. The van der Waals surface area contributed by atoms with E-state index in [4.69, 9.17) is 9.84 Å². The molecule has 0 saturated carbocycles. The van der Waals surface area contributed by atoms with Crippen molar-refractivity contribution in [2.45, 2.75) is 65.0 Å². The highest BCUT2D eigenvalue weighted by molar-refractivity contribution is 5.81. The van der Waals surface area contributed by atoms with Gasteiger partial charge < -0.3 is 14.7 Å². The average Bonchev–Trinajstić information content (AvgIpc) is 2.86. The molecule has 28 heavy (non-hydrogen) atoms. The number of amides is 1. The fraction of sp³-hybridized carbons (Fsp3) is 0.636. The number of nitrogens with zero attached hydrogens (tertiary/aromatic N) is 2. The topological polar surface area (TPSA) is 70.1 Å². The van der Waals surface area contributed by atoms with Crippen LogP contribution in [0.3, 0.4) is 0 Å². The maximum atomic E-state index is 13.0. The van der Waals surface area contributed by atoms with Crippen molar-refractivity contribution in [3.05, 3.63) is 29.3 Å². The molecule has 6 heteroatoms. The summed E-state index contributed by atoms with van der Waals surface area (Å²) >= 11 is 0. The number of carboxylic acid groups (broad SMARTS) is 1. The van der Waals surface area contributed by atoms with E-state index in [-0.39, 0.29) is 18.5 Å². The van der Waals surface area contributed by atoms with E-state index in [1.807, 2.05) is 36.8 Å². The number of ether oxygens (including phenoxy) is 1. The SMILES string of the molecule is Cc1ccc(C(C)C)c(OC(C)C(=O)N2CCCC(N(C)CC(=O)O)CC2)c1. The van der Waals surface area contributed by atoms with Crippen LogP contribution in [0.2, 0.25) is 0 Å². The second kappa shape index (κ2) is 9.92. The molecule has 0 radical (unpaired) electrons. The van der Waals surface area contributed by atoms with Gasteiger partial charge in [0.15, 0.2) is 6.10 Å². The molecule has 2 atom stereocenters. The van der Waals surface area contributed by atoms with E-state index >= 15 is 0 Å². The number of aryl methyl sites for hydroxylation is 1. The molecule has 0 aliphatic carbocycles. The minimum absolute atomic E-state index is 0.00208. The van der Waals surface area contributed by atoms with Crippen molar-refractivity contribution in [1.82, 2.24) is 9.80 Å². The standard InChI is InChI=1S/C22H34N2O4/c1-15(2)19-9-8-16(3)13-20(19)28-17(4)22(27)24-11-6-7-18(10-12-24)23(5)14-21(25)26/h8-9,13,15,17-18H,6-7,10-12,14H2,1-5H3,(H,25,26). The Labute approximate surface area is 168 Å². The van der Waals surface area contributed by atoms with E-state index in [9.17, 15) is 9.59 Å². The predicted octanol–water partition coefficient (Wildman–Crippen LogP) is 3.28. The lowest BCUT2D eigenvalue weighted by Gasteiger charge is -2.27. The summed E-state index contributed by atoms with van der Waals surface area (Å²) in [6, 6.07) is 6.33. The molecule has 1 aromatic rings. The van der Waals surface area contributed by atoms with Gasteiger partial charge in [-0.3, -0.25) is 14.5 Å². The lowest BCUT2D eigenvalue weighted by atomic mass is 10.0. The number of carbonyl (C=O) groups is 2. The first-order chi connectivity index (χ1) is 13.2. The van der Waals surface area contributed by atoms with Gasteiger partial charge in [-0.2, -0.15) is 0 Å². The fourth-order valence-electron chi connectivity index (χ4n) is 3.80. The van der Waals surface area contributed by atoms with Crippen LogP contribution in [0.15, 0.2) is 18.2 Å². The van der Waals surface area contributed by atoms with E-state index in [0.29, 0.717) is 19.0 Å². The maximum Gasteiger partial charge on any atom is 0.317 e. The van der Waals surface area contributed by atoms with Crippen LogP contribution in [0.4, 0.5) is 0 Å². The molecule has 0 bridgehead atoms. The van der Waals surface area contributed by atoms with Gasteiger partial charge in [-0.25, -0.2) is 0 Å². The van der Waals surface area contributed by atoms with E-state index in [1.165, 1.54) is 0 Å². The zero-order valence-electron chi connectivity index (χ0n) is 17.8. The van der Waals surface area contributed by atoms with E-state index in [0.717, 1.165) is 36.1 Å². The van der Waals surface area contributed by atoms with Crippen LogP contribution in [0.1, 0.15) is 57.1 Å². The quantitative estimate of drug-likeness (QED) is 0.774. The number of carbonyl (C=O) groups excluding carboxylic acids is 1. The summed E-state index contributed by atoms with van der Waals surface area (Å²) < 4.78 is 6.09. The van der Waals surface area contributed by atoms with Crippen LogP contribution in [0, 0.1) is 6.92 Å². The first kappa shape index (κ1) is 22.2. The van der Waals surface area contributed by atoms with E-state index in [1.54, 1.807) is 0 Å². The van der Waals surface area contributed by atoms with Crippen LogP contribution in [-0.2, 0) is 9.59 Å². The molecular formula is C22H34N2O4. The third kappa shape index (κ3) is 5.96. The Balaban J connectivity index is 2.00. The van der Waals surface area contributed by atoms with Crippen LogP contribution in [0.5, 0.6) is 5.75 Å². The highest BCUT2D eigenvalue weighted by Crippen LogP contribution is 2.28. The number of likely N-dealkylation sites (tertiary alicyclic amines) is 1. The van der Waals surface area contributed by atoms with Crippen molar-refractivity contribution >= 4 is 11.9 Å². The Hall–Kier alpha value is -2.08. The van der Waals surface area contributed by atoms with Gasteiger partial charge in [-0.1, -0.05) is 26.0 Å². The molecule has 1 amide bonds. The Morgan fingerprint density at radius 1 is 1.25 bits per heavy atom. The minimum atomic E-state index is -0.819. The Morgan fingerprint density at radius 3 is 2.61 bits per heavy atom. The molecule has 0 spiro atoms. The summed E-state index contributed by atoms with van der Waals surface area (Å²) in [7, 11) is 1.84. The molecule has 2 unspecified atom stereocenters. The number of hydrogen-bond donors (Lipinski definition) is 1. The van der Waals surface area contributed by atoms with Crippen LogP contribution in [0.25, 0.3) is 0 Å². The molecular weight excluding hydrogens is 356 g/mol. The molecule has 1 heterocycles. The zero-order chi connectivity index (χ0) is 20.8. The number of benzene rings is 1. The number of hydrogen-bond acceptors (Lipinski definition) is 4. The van der Waals surface area contributed by atoms with Crippen LogP contribution >= 0.6 is 0 Å². The van der Waals surface area contributed by atoms with Crippen LogP contribution in [-0.4, -0.2) is 65.6 Å².